The first-order chi connectivity index (χ1) is 11.1. The van der Waals surface area contributed by atoms with Gasteiger partial charge in [-0.25, -0.2) is 9.97 Å². The molecule has 0 unspecified atom stereocenters. The van der Waals surface area contributed by atoms with E-state index < -0.39 is 0 Å². The third-order valence-electron chi connectivity index (χ3n) is 2.93. The first-order valence-corrected chi connectivity index (χ1v) is 7.02. The SMILES string of the molecule is COCCNc1cc(C(=O)Nc2cccc(C#N)c2)nc(C)n1. The molecule has 1 aromatic carbocycles. The highest BCUT2D eigenvalue weighted by Gasteiger charge is 2.11. The van der Waals surface area contributed by atoms with E-state index in [1.807, 2.05) is 6.07 Å². The van der Waals surface area contributed by atoms with Gasteiger partial charge >= 0.3 is 0 Å². The predicted molar refractivity (Wildman–Crippen MR) is 86.2 cm³/mol. The van der Waals surface area contributed by atoms with Gasteiger partial charge in [-0.1, -0.05) is 6.07 Å². The maximum atomic E-state index is 12.3. The Morgan fingerprint density at radius 2 is 2.17 bits per heavy atom. The van der Waals surface area contributed by atoms with Crippen LogP contribution >= 0.6 is 0 Å². The lowest BCUT2D eigenvalue weighted by Crippen LogP contribution is -2.16. The van der Waals surface area contributed by atoms with Crippen LogP contribution in [-0.4, -0.2) is 36.1 Å². The van der Waals surface area contributed by atoms with Crippen molar-refractivity contribution in [2.24, 2.45) is 0 Å². The molecule has 0 atom stereocenters. The van der Waals surface area contributed by atoms with E-state index in [9.17, 15) is 4.79 Å². The summed E-state index contributed by atoms with van der Waals surface area (Å²) in [4.78, 5) is 20.7. The van der Waals surface area contributed by atoms with Crippen LogP contribution in [0.4, 0.5) is 11.5 Å². The monoisotopic (exact) mass is 311 g/mol. The Labute approximate surface area is 134 Å². The number of benzene rings is 1. The highest BCUT2D eigenvalue weighted by molar-refractivity contribution is 6.03. The van der Waals surface area contributed by atoms with Crippen molar-refractivity contribution in [1.29, 1.82) is 5.26 Å². The summed E-state index contributed by atoms with van der Waals surface area (Å²) >= 11 is 0. The molecule has 0 saturated carbocycles. The highest BCUT2D eigenvalue weighted by Crippen LogP contribution is 2.13. The third kappa shape index (κ3) is 4.76. The Bertz CT molecular complexity index is 739. The van der Waals surface area contributed by atoms with E-state index in [1.54, 1.807) is 44.4 Å². The van der Waals surface area contributed by atoms with E-state index in [2.05, 4.69) is 20.6 Å². The van der Waals surface area contributed by atoms with Crippen molar-refractivity contribution in [3.63, 3.8) is 0 Å². The van der Waals surface area contributed by atoms with Gasteiger partial charge in [0.25, 0.3) is 5.91 Å². The van der Waals surface area contributed by atoms with Crippen molar-refractivity contribution in [3.8, 4) is 6.07 Å². The van der Waals surface area contributed by atoms with E-state index >= 15 is 0 Å². The molecule has 2 rings (SSSR count). The minimum Gasteiger partial charge on any atom is -0.383 e. The number of rotatable bonds is 6. The van der Waals surface area contributed by atoms with Gasteiger partial charge in [0.1, 0.15) is 17.3 Å². The molecule has 1 heterocycles. The highest BCUT2D eigenvalue weighted by atomic mass is 16.5. The Morgan fingerprint density at radius 1 is 1.35 bits per heavy atom. The van der Waals surface area contributed by atoms with Crippen molar-refractivity contribution >= 4 is 17.4 Å². The summed E-state index contributed by atoms with van der Waals surface area (Å²) in [5, 5.41) is 14.7. The van der Waals surface area contributed by atoms with E-state index in [-0.39, 0.29) is 11.6 Å². The lowest BCUT2D eigenvalue weighted by Gasteiger charge is -2.09. The second-order valence-electron chi connectivity index (χ2n) is 4.75. The van der Waals surface area contributed by atoms with Gasteiger partial charge in [0.05, 0.1) is 18.2 Å². The van der Waals surface area contributed by atoms with Gasteiger partial charge < -0.3 is 15.4 Å². The zero-order valence-corrected chi connectivity index (χ0v) is 13.0. The van der Waals surface area contributed by atoms with Crippen LogP contribution in [-0.2, 0) is 4.74 Å². The molecular weight excluding hydrogens is 294 g/mol. The number of nitrogens with zero attached hydrogens (tertiary/aromatic N) is 3. The number of aromatic nitrogens is 2. The summed E-state index contributed by atoms with van der Waals surface area (Å²) < 4.78 is 4.96. The van der Waals surface area contributed by atoms with Gasteiger partial charge in [0.15, 0.2) is 0 Å². The summed E-state index contributed by atoms with van der Waals surface area (Å²) in [7, 11) is 1.61. The van der Waals surface area contributed by atoms with Crippen LogP contribution < -0.4 is 10.6 Å². The van der Waals surface area contributed by atoms with Crippen molar-refractivity contribution in [3.05, 3.63) is 47.4 Å². The smallest absolute Gasteiger partial charge is 0.274 e. The third-order valence-corrected chi connectivity index (χ3v) is 2.93. The number of aryl methyl sites for hydroxylation is 1. The molecule has 0 aliphatic heterocycles. The summed E-state index contributed by atoms with van der Waals surface area (Å²) in [6.07, 6.45) is 0. The van der Waals surface area contributed by atoms with E-state index in [0.717, 1.165) is 0 Å². The van der Waals surface area contributed by atoms with Crippen molar-refractivity contribution in [2.45, 2.75) is 6.92 Å². The van der Waals surface area contributed by atoms with E-state index in [0.29, 0.717) is 36.0 Å². The van der Waals surface area contributed by atoms with Gasteiger partial charge in [0.2, 0.25) is 0 Å². The van der Waals surface area contributed by atoms with Crippen LogP contribution in [0.25, 0.3) is 0 Å². The normalized spacial score (nSPS) is 9.96. The molecule has 0 spiro atoms. The van der Waals surface area contributed by atoms with Crippen molar-refractivity contribution < 1.29 is 9.53 Å². The number of hydrogen-bond acceptors (Lipinski definition) is 6. The number of carbonyl (C=O) groups is 1. The molecule has 0 aliphatic carbocycles. The maximum Gasteiger partial charge on any atom is 0.274 e. The number of methoxy groups -OCH3 is 1. The molecule has 1 aromatic heterocycles. The van der Waals surface area contributed by atoms with E-state index in [4.69, 9.17) is 10.00 Å². The van der Waals surface area contributed by atoms with Crippen LogP contribution in [0.2, 0.25) is 0 Å². The molecule has 2 aromatic rings. The number of anilines is 2. The van der Waals surface area contributed by atoms with E-state index in [1.165, 1.54) is 0 Å². The summed E-state index contributed by atoms with van der Waals surface area (Å²) in [5.74, 6) is 0.689. The minimum absolute atomic E-state index is 0.250. The number of ether oxygens (including phenoxy) is 1. The zero-order chi connectivity index (χ0) is 16.7. The van der Waals surface area contributed by atoms with Crippen LogP contribution in [0.15, 0.2) is 30.3 Å². The summed E-state index contributed by atoms with van der Waals surface area (Å²) in [5.41, 5.74) is 1.27. The second kappa shape index (κ2) is 7.87. The summed E-state index contributed by atoms with van der Waals surface area (Å²) in [6.45, 7) is 2.83. The molecule has 0 aliphatic rings. The lowest BCUT2D eigenvalue weighted by atomic mass is 10.2. The molecule has 2 N–H and O–H groups in total. The van der Waals surface area contributed by atoms with Gasteiger partial charge in [-0.3, -0.25) is 4.79 Å². The Hall–Kier alpha value is -2.98. The Kier molecular flexibility index (Phi) is 5.61. The largest absolute Gasteiger partial charge is 0.383 e. The van der Waals surface area contributed by atoms with Crippen molar-refractivity contribution in [2.75, 3.05) is 30.9 Å². The quantitative estimate of drug-likeness (QED) is 0.791. The Morgan fingerprint density at radius 3 is 2.91 bits per heavy atom. The molecule has 118 valence electrons. The molecule has 0 fully saturated rings. The van der Waals surface area contributed by atoms with Crippen molar-refractivity contribution in [1.82, 2.24) is 9.97 Å². The fraction of sp³-hybridized carbons (Fsp3) is 0.250. The lowest BCUT2D eigenvalue weighted by molar-refractivity contribution is 0.102. The molecular formula is C16H17N5O2. The fourth-order valence-electron chi connectivity index (χ4n) is 1.92. The number of hydrogen-bond donors (Lipinski definition) is 2. The molecule has 0 radical (unpaired) electrons. The first-order valence-electron chi connectivity index (χ1n) is 7.02. The molecule has 0 bridgehead atoms. The molecule has 7 heteroatoms. The molecule has 1 amide bonds. The topological polar surface area (TPSA) is 99.9 Å². The van der Waals surface area contributed by atoms with Crippen LogP contribution in [0, 0.1) is 18.3 Å². The molecule has 7 nitrogen and oxygen atoms in total. The van der Waals surface area contributed by atoms with Gasteiger partial charge in [-0.05, 0) is 25.1 Å². The minimum atomic E-state index is -0.361. The standard InChI is InChI=1S/C16H17N5O2/c1-11-19-14(9-15(20-11)18-6-7-23-2)16(22)21-13-5-3-4-12(8-13)10-17/h3-5,8-9H,6-7H2,1-2H3,(H,21,22)(H,18,19,20). The maximum absolute atomic E-state index is 12.3. The average Bonchev–Trinajstić information content (AvgIpc) is 2.55. The summed E-state index contributed by atoms with van der Waals surface area (Å²) in [6, 6.07) is 10.3. The fourth-order valence-corrected chi connectivity index (χ4v) is 1.92. The number of nitrogens with one attached hydrogen (secondary N) is 2. The number of amides is 1. The number of nitriles is 1. The van der Waals surface area contributed by atoms with Crippen LogP contribution in [0.3, 0.4) is 0 Å². The molecule has 23 heavy (non-hydrogen) atoms. The second-order valence-corrected chi connectivity index (χ2v) is 4.75. The average molecular weight is 311 g/mol. The van der Waals surface area contributed by atoms with Gasteiger partial charge in [-0.15, -0.1) is 0 Å². The molecule has 0 saturated heterocycles. The van der Waals surface area contributed by atoms with Crippen LogP contribution in [0.5, 0.6) is 0 Å². The van der Waals surface area contributed by atoms with Crippen LogP contribution in [0.1, 0.15) is 21.9 Å². The zero-order valence-electron chi connectivity index (χ0n) is 13.0. The predicted octanol–water partition coefficient (Wildman–Crippen LogP) is 1.97. The first kappa shape index (κ1) is 16.4. The Balaban J connectivity index is 2.13. The van der Waals surface area contributed by atoms with Gasteiger partial charge in [-0.2, -0.15) is 5.26 Å². The van der Waals surface area contributed by atoms with Gasteiger partial charge in [0, 0.05) is 25.4 Å². The number of carbonyl (C=O) groups excluding carboxylic acids is 1.